The van der Waals surface area contributed by atoms with Gasteiger partial charge in [-0.3, -0.25) is 4.57 Å². The molecule has 1 saturated heterocycles. The predicted molar refractivity (Wildman–Crippen MR) is 70.9 cm³/mol. The second-order valence-electron chi connectivity index (χ2n) is 4.82. The molecule has 7 heteroatoms. The summed E-state index contributed by atoms with van der Waals surface area (Å²) >= 11 is 0. The van der Waals surface area contributed by atoms with Gasteiger partial charge in [-0.1, -0.05) is 0 Å². The Labute approximate surface area is 109 Å². The lowest BCUT2D eigenvalue weighted by Gasteiger charge is -2.23. The molecule has 1 aromatic heterocycles. The molecular formula is C12H14N2O4S. The van der Waals surface area contributed by atoms with E-state index in [0.717, 1.165) is 6.42 Å². The Morgan fingerprint density at radius 2 is 2.11 bits per heavy atom. The summed E-state index contributed by atoms with van der Waals surface area (Å²) < 4.78 is 25.5. The Morgan fingerprint density at radius 3 is 2.84 bits per heavy atom. The number of aromatic amines is 1. The van der Waals surface area contributed by atoms with Gasteiger partial charge in [-0.05, 0) is 31.4 Å². The van der Waals surface area contributed by atoms with Gasteiger partial charge in [-0.2, -0.15) is 0 Å². The number of imidazole rings is 1. The van der Waals surface area contributed by atoms with Crippen LogP contribution in [-0.2, 0) is 9.84 Å². The summed E-state index contributed by atoms with van der Waals surface area (Å²) in [5.74, 6) is 0.115. The molecule has 0 saturated carbocycles. The van der Waals surface area contributed by atoms with Crippen molar-refractivity contribution in [2.45, 2.75) is 24.6 Å². The van der Waals surface area contributed by atoms with Gasteiger partial charge in [0, 0.05) is 6.07 Å². The number of nitrogens with zero attached hydrogens (tertiary/aromatic N) is 1. The molecule has 0 spiro atoms. The molecule has 1 atom stereocenters. The van der Waals surface area contributed by atoms with Crippen molar-refractivity contribution in [3.8, 4) is 5.75 Å². The first-order valence-electron chi connectivity index (χ1n) is 6.14. The number of hydrogen-bond donors (Lipinski definition) is 2. The molecule has 2 heterocycles. The molecule has 1 fully saturated rings. The van der Waals surface area contributed by atoms with Crippen molar-refractivity contribution in [2.75, 3.05) is 5.75 Å². The first-order valence-corrected chi connectivity index (χ1v) is 7.85. The Hall–Kier alpha value is -1.76. The van der Waals surface area contributed by atoms with Crippen molar-refractivity contribution < 1.29 is 13.5 Å². The molecule has 102 valence electrons. The summed E-state index contributed by atoms with van der Waals surface area (Å²) in [6.45, 7) is 0. The third kappa shape index (κ3) is 1.94. The number of phenols is 1. The van der Waals surface area contributed by atoms with Crippen LogP contribution in [0.4, 0.5) is 0 Å². The van der Waals surface area contributed by atoms with E-state index in [4.69, 9.17) is 0 Å². The van der Waals surface area contributed by atoms with Crippen LogP contribution in [0.25, 0.3) is 11.0 Å². The van der Waals surface area contributed by atoms with E-state index in [1.807, 2.05) is 0 Å². The molecule has 1 aliphatic rings. The third-order valence-corrected chi connectivity index (χ3v) is 5.67. The van der Waals surface area contributed by atoms with E-state index in [0.29, 0.717) is 23.9 Å². The number of H-pyrrole nitrogens is 1. The van der Waals surface area contributed by atoms with Crippen molar-refractivity contribution in [3.05, 3.63) is 28.7 Å². The van der Waals surface area contributed by atoms with Crippen LogP contribution in [0.5, 0.6) is 5.75 Å². The summed E-state index contributed by atoms with van der Waals surface area (Å²) in [6.07, 6.45) is 1.86. The number of aromatic nitrogens is 2. The summed E-state index contributed by atoms with van der Waals surface area (Å²) in [5, 5.41) is 8.68. The molecule has 19 heavy (non-hydrogen) atoms. The zero-order valence-corrected chi connectivity index (χ0v) is 11.0. The summed E-state index contributed by atoms with van der Waals surface area (Å²) in [4.78, 5) is 14.6. The minimum Gasteiger partial charge on any atom is -0.508 e. The van der Waals surface area contributed by atoms with Gasteiger partial charge in [-0.25, -0.2) is 13.2 Å². The average molecular weight is 282 g/mol. The molecule has 0 amide bonds. The topological polar surface area (TPSA) is 92.2 Å². The van der Waals surface area contributed by atoms with Gasteiger partial charge in [0.2, 0.25) is 0 Å². The Balaban J connectivity index is 2.27. The standard InChI is InChI=1S/C12H14N2O4S/c15-8-4-5-9-10(7-8)14(12(16)13-9)11-3-1-2-6-19(11,17)18/h4-5,7,11,15H,1-3,6H2,(H,13,16). The van der Waals surface area contributed by atoms with Crippen LogP contribution in [0.3, 0.4) is 0 Å². The fourth-order valence-electron chi connectivity index (χ4n) is 2.62. The maximum Gasteiger partial charge on any atom is 0.327 e. The summed E-state index contributed by atoms with van der Waals surface area (Å²) in [5.41, 5.74) is 0.514. The maximum atomic E-state index is 12.1. The second kappa shape index (κ2) is 4.12. The number of aromatic hydroxyl groups is 1. The van der Waals surface area contributed by atoms with E-state index in [2.05, 4.69) is 4.98 Å². The highest BCUT2D eigenvalue weighted by molar-refractivity contribution is 7.91. The Kier molecular flexibility index (Phi) is 2.67. The molecule has 0 radical (unpaired) electrons. The minimum absolute atomic E-state index is 0.00783. The molecule has 1 aromatic carbocycles. The second-order valence-corrected chi connectivity index (χ2v) is 7.10. The van der Waals surface area contributed by atoms with Gasteiger partial charge in [0.25, 0.3) is 0 Å². The molecule has 0 bridgehead atoms. The molecule has 0 aliphatic carbocycles. The van der Waals surface area contributed by atoms with Crippen LogP contribution in [0.1, 0.15) is 24.6 Å². The van der Waals surface area contributed by atoms with E-state index < -0.39 is 20.9 Å². The number of hydrogen-bond acceptors (Lipinski definition) is 4. The largest absolute Gasteiger partial charge is 0.508 e. The molecule has 2 aromatic rings. The average Bonchev–Trinajstić information content (AvgIpc) is 2.65. The minimum atomic E-state index is -3.31. The SMILES string of the molecule is O=c1[nH]c2ccc(O)cc2n1C1CCCCS1(=O)=O. The number of sulfone groups is 1. The number of phenolic OH excluding ortho intramolecular Hbond substituents is 1. The van der Waals surface area contributed by atoms with Gasteiger partial charge >= 0.3 is 5.69 Å². The van der Waals surface area contributed by atoms with Gasteiger partial charge in [0.15, 0.2) is 9.84 Å². The third-order valence-electron chi connectivity index (χ3n) is 3.53. The van der Waals surface area contributed by atoms with Gasteiger partial charge in [-0.15, -0.1) is 0 Å². The molecular weight excluding hydrogens is 268 g/mol. The van der Waals surface area contributed by atoms with Crippen LogP contribution in [0, 0.1) is 0 Å². The molecule has 1 unspecified atom stereocenters. The van der Waals surface area contributed by atoms with Crippen molar-refractivity contribution in [1.82, 2.24) is 9.55 Å². The highest BCUT2D eigenvalue weighted by Crippen LogP contribution is 2.30. The van der Waals surface area contributed by atoms with E-state index in [1.165, 1.54) is 16.7 Å². The zero-order valence-electron chi connectivity index (χ0n) is 10.2. The normalized spacial score (nSPS) is 22.6. The lowest BCUT2D eigenvalue weighted by atomic mass is 10.2. The number of rotatable bonds is 1. The van der Waals surface area contributed by atoms with Crippen LogP contribution in [0.2, 0.25) is 0 Å². The van der Waals surface area contributed by atoms with Gasteiger partial charge < -0.3 is 10.1 Å². The highest BCUT2D eigenvalue weighted by atomic mass is 32.2. The fraction of sp³-hybridized carbons (Fsp3) is 0.417. The van der Waals surface area contributed by atoms with E-state index in [9.17, 15) is 18.3 Å². The molecule has 2 N–H and O–H groups in total. The maximum absolute atomic E-state index is 12.1. The van der Waals surface area contributed by atoms with Crippen molar-refractivity contribution >= 4 is 20.9 Å². The predicted octanol–water partition coefficient (Wildman–Crippen LogP) is 1.13. The lowest BCUT2D eigenvalue weighted by Crippen LogP contribution is -2.32. The number of nitrogens with one attached hydrogen (secondary N) is 1. The van der Waals surface area contributed by atoms with Crippen LogP contribution < -0.4 is 5.69 Å². The van der Waals surface area contributed by atoms with Crippen LogP contribution >= 0.6 is 0 Å². The number of benzene rings is 1. The van der Waals surface area contributed by atoms with Crippen LogP contribution in [-0.4, -0.2) is 28.8 Å². The van der Waals surface area contributed by atoms with Crippen LogP contribution in [0.15, 0.2) is 23.0 Å². The van der Waals surface area contributed by atoms with Gasteiger partial charge in [0.1, 0.15) is 11.1 Å². The highest BCUT2D eigenvalue weighted by Gasteiger charge is 2.32. The molecule has 3 rings (SSSR count). The Bertz CT molecular complexity index is 788. The van der Waals surface area contributed by atoms with E-state index >= 15 is 0 Å². The van der Waals surface area contributed by atoms with Crippen molar-refractivity contribution in [1.29, 1.82) is 0 Å². The zero-order chi connectivity index (χ0) is 13.6. The van der Waals surface area contributed by atoms with Crippen molar-refractivity contribution in [2.24, 2.45) is 0 Å². The fourth-order valence-corrected chi connectivity index (χ4v) is 4.56. The summed E-state index contributed by atoms with van der Waals surface area (Å²) in [6, 6.07) is 4.44. The molecule has 6 nitrogen and oxygen atoms in total. The monoisotopic (exact) mass is 282 g/mol. The first-order chi connectivity index (χ1) is 8.99. The smallest absolute Gasteiger partial charge is 0.327 e. The lowest BCUT2D eigenvalue weighted by molar-refractivity contribution is 0.473. The van der Waals surface area contributed by atoms with E-state index in [-0.39, 0.29) is 11.5 Å². The van der Waals surface area contributed by atoms with Gasteiger partial charge in [0.05, 0.1) is 16.8 Å². The summed E-state index contributed by atoms with van der Waals surface area (Å²) in [7, 11) is -3.31. The Morgan fingerprint density at radius 1 is 1.32 bits per heavy atom. The van der Waals surface area contributed by atoms with E-state index in [1.54, 1.807) is 6.07 Å². The quantitative estimate of drug-likeness (QED) is 0.820. The first kappa shape index (κ1) is 12.3. The molecule has 1 aliphatic heterocycles. The van der Waals surface area contributed by atoms with Crippen molar-refractivity contribution in [3.63, 3.8) is 0 Å². The number of fused-ring (bicyclic) bond motifs is 1.